The SMILES string of the molecule is Cc1nc(-c2ccccc2)ccc1C(=O)NCC1CCS(=O)(=O)C1. The molecule has 3 rings (SSSR count). The highest BCUT2D eigenvalue weighted by Gasteiger charge is 2.28. The Morgan fingerprint density at radius 3 is 2.58 bits per heavy atom. The summed E-state index contributed by atoms with van der Waals surface area (Å²) in [6.45, 7) is 2.19. The lowest BCUT2D eigenvalue weighted by Crippen LogP contribution is -2.30. The number of carbonyl (C=O) groups excluding carboxylic acids is 1. The molecule has 1 saturated heterocycles. The van der Waals surface area contributed by atoms with Gasteiger partial charge in [-0.05, 0) is 31.4 Å². The van der Waals surface area contributed by atoms with Crippen LogP contribution in [0.3, 0.4) is 0 Å². The molecule has 1 atom stereocenters. The first kappa shape index (κ1) is 16.6. The standard InChI is InChI=1S/C18H20N2O3S/c1-13-16(7-8-17(20-13)15-5-3-2-4-6-15)18(21)19-11-14-9-10-24(22,23)12-14/h2-8,14H,9-12H2,1H3,(H,19,21). The van der Waals surface area contributed by atoms with Crippen LogP contribution in [-0.4, -0.2) is 37.4 Å². The molecule has 1 aliphatic heterocycles. The molecule has 0 saturated carbocycles. The van der Waals surface area contributed by atoms with E-state index in [-0.39, 0.29) is 23.3 Å². The van der Waals surface area contributed by atoms with E-state index in [1.165, 1.54) is 0 Å². The number of carbonyl (C=O) groups is 1. The molecule has 0 aliphatic carbocycles. The molecule has 0 spiro atoms. The summed E-state index contributed by atoms with van der Waals surface area (Å²) in [6.07, 6.45) is 0.618. The predicted molar refractivity (Wildman–Crippen MR) is 93.5 cm³/mol. The fourth-order valence-corrected chi connectivity index (χ4v) is 4.80. The normalized spacial score (nSPS) is 19.1. The third-order valence-corrected chi connectivity index (χ3v) is 6.12. The smallest absolute Gasteiger partial charge is 0.253 e. The van der Waals surface area contributed by atoms with Crippen LogP contribution in [0, 0.1) is 12.8 Å². The van der Waals surface area contributed by atoms with Crippen molar-refractivity contribution >= 4 is 15.7 Å². The number of aromatic nitrogens is 1. The maximum atomic E-state index is 12.3. The summed E-state index contributed by atoms with van der Waals surface area (Å²) >= 11 is 0. The number of pyridine rings is 1. The van der Waals surface area contributed by atoms with Gasteiger partial charge in [0.15, 0.2) is 9.84 Å². The van der Waals surface area contributed by atoms with Gasteiger partial charge >= 0.3 is 0 Å². The number of sulfone groups is 1. The number of nitrogens with one attached hydrogen (secondary N) is 1. The van der Waals surface area contributed by atoms with Crippen molar-refractivity contribution in [3.8, 4) is 11.3 Å². The second-order valence-electron chi connectivity index (χ2n) is 6.17. The predicted octanol–water partition coefficient (Wildman–Crippen LogP) is 2.22. The van der Waals surface area contributed by atoms with Gasteiger partial charge in [-0.25, -0.2) is 8.42 Å². The highest BCUT2D eigenvalue weighted by atomic mass is 32.2. The molecule has 0 bridgehead atoms. The molecule has 1 unspecified atom stereocenters. The molecule has 2 aromatic rings. The molecule has 126 valence electrons. The van der Waals surface area contributed by atoms with Gasteiger partial charge in [0.1, 0.15) is 0 Å². The zero-order chi connectivity index (χ0) is 17.2. The summed E-state index contributed by atoms with van der Waals surface area (Å²) in [5, 5.41) is 2.84. The van der Waals surface area contributed by atoms with Gasteiger partial charge in [0.2, 0.25) is 0 Å². The zero-order valence-electron chi connectivity index (χ0n) is 13.5. The lowest BCUT2D eigenvalue weighted by Gasteiger charge is -2.11. The van der Waals surface area contributed by atoms with Crippen LogP contribution in [0.15, 0.2) is 42.5 Å². The maximum absolute atomic E-state index is 12.3. The summed E-state index contributed by atoms with van der Waals surface area (Å²) in [4.78, 5) is 16.8. The Morgan fingerprint density at radius 2 is 1.96 bits per heavy atom. The van der Waals surface area contributed by atoms with Crippen LogP contribution in [0.5, 0.6) is 0 Å². The number of aryl methyl sites for hydroxylation is 1. The summed E-state index contributed by atoms with van der Waals surface area (Å²) in [7, 11) is -2.92. The van der Waals surface area contributed by atoms with E-state index in [4.69, 9.17) is 0 Å². The lowest BCUT2D eigenvalue weighted by atomic mass is 10.1. The summed E-state index contributed by atoms with van der Waals surface area (Å²) in [5.74, 6) is 0.192. The minimum absolute atomic E-state index is 0.0100. The van der Waals surface area contributed by atoms with Crippen molar-refractivity contribution in [2.24, 2.45) is 5.92 Å². The highest BCUT2D eigenvalue weighted by Crippen LogP contribution is 2.20. The van der Waals surface area contributed by atoms with Crippen LogP contribution in [-0.2, 0) is 9.84 Å². The monoisotopic (exact) mass is 344 g/mol. The number of hydrogen-bond donors (Lipinski definition) is 1. The molecule has 5 nitrogen and oxygen atoms in total. The first-order chi connectivity index (χ1) is 11.4. The van der Waals surface area contributed by atoms with Crippen LogP contribution < -0.4 is 5.32 Å². The van der Waals surface area contributed by atoms with Crippen molar-refractivity contribution in [3.63, 3.8) is 0 Å². The fourth-order valence-electron chi connectivity index (χ4n) is 2.94. The Labute approximate surface area is 142 Å². The van der Waals surface area contributed by atoms with Crippen molar-refractivity contribution in [2.75, 3.05) is 18.1 Å². The molecular weight excluding hydrogens is 324 g/mol. The van der Waals surface area contributed by atoms with Gasteiger partial charge in [0.05, 0.1) is 28.5 Å². The Morgan fingerprint density at radius 1 is 1.21 bits per heavy atom. The molecule has 2 heterocycles. The Hall–Kier alpha value is -2.21. The second kappa shape index (κ2) is 6.73. The van der Waals surface area contributed by atoms with Gasteiger partial charge < -0.3 is 5.32 Å². The molecule has 24 heavy (non-hydrogen) atoms. The summed E-state index contributed by atoms with van der Waals surface area (Å²) in [6, 6.07) is 13.4. The van der Waals surface area contributed by atoms with E-state index >= 15 is 0 Å². The van der Waals surface area contributed by atoms with Gasteiger partial charge in [0, 0.05) is 12.1 Å². The van der Waals surface area contributed by atoms with E-state index in [2.05, 4.69) is 10.3 Å². The molecule has 1 aliphatic rings. The van der Waals surface area contributed by atoms with Gasteiger partial charge in [-0.15, -0.1) is 0 Å². The van der Waals surface area contributed by atoms with Crippen molar-refractivity contribution in [3.05, 3.63) is 53.7 Å². The number of hydrogen-bond acceptors (Lipinski definition) is 4. The summed E-state index contributed by atoms with van der Waals surface area (Å²) in [5.41, 5.74) is 3.01. The van der Waals surface area contributed by atoms with Crippen molar-refractivity contribution in [2.45, 2.75) is 13.3 Å². The minimum Gasteiger partial charge on any atom is -0.352 e. The molecule has 1 fully saturated rings. The molecule has 1 N–H and O–H groups in total. The van der Waals surface area contributed by atoms with Crippen LogP contribution in [0.1, 0.15) is 22.5 Å². The highest BCUT2D eigenvalue weighted by molar-refractivity contribution is 7.91. The molecule has 1 aromatic carbocycles. The minimum atomic E-state index is -2.92. The van der Waals surface area contributed by atoms with E-state index in [9.17, 15) is 13.2 Å². The van der Waals surface area contributed by atoms with E-state index < -0.39 is 9.84 Å². The van der Waals surface area contributed by atoms with E-state index in [1.807, 2.05) is 36.4 Å². The molecule has 6 heteroatoms. The topological polar surface area (TPSA) is 76.1 Å². The maximum Gasteiger partial charge on any atom is 0.253 e. The average molecular weight is 344 g/mol. The fraction of sp³-hybridized carbons (Fsp3) is 0.333. The third kappa shape index (κ3) is 3.82. The zero-order valence-corrected chi connectivity index (χ0v) is 14.3. The van der Waals surface area contributed by atoms with Crippen molar-refractivity contribution in [1.29, 1.82) is 0 Å². The van der Waals surface area contributed by atoms with E-state index in [0.717, 1.165) is 11.3 Å². The van der Waals surface area contributed by atoms with Crippen LogP contribution in [0.25, 0.3) is 11.3 Å². The first-order valence-corrected chi connectivity index (χ1v) is 9.78. The summed E-state index contributed by atoms with van der Waals surface area (Å²) < 4.78 is 22.9. The number of rotatable bonds is 4. The molecular formula is C18H20N2O3S. The van der Waals surface area contributed by atoms with Crippen LogP contribution in [0.4, 0.5) is 0 Å². The van der Waals surface area contributed by atoms with Gasteiger partial charge in [-0.2, -0.15) is 0 Å². The van der Waals surface area contributed by atoms with Gasteiger partial charge in [-0.1, -0.05) is 30.3 Å². The quantitative estimate of drug-likeness (QED) is 0.923. The van der Waals surface area contributed by atoms with Gasteiger partial charge in [-0.3, -0.25) is 9.78 Å². The first-order valence-electron chi connectivity index (χ1n) is 7.96. The Bertz CT molecular complexity index is 848. The molecule has 1 aromatic heterocycles. The van der Waals surface area contributed by atoms with Crippen molar-refractivity contribution < 1.29 is 13.2 Å². The van der Waals surface area contributed by atoms with E-state index in [0.29, 0.717) is 24.2 Å². The second-order valence-corrected chi connectivity index (χ2v) is 8.40. The number of amides is 1. The lowest BCUT2D eigenvalue weighted by molar-refractivity contribution is 0.0947. The number of nitrogens with zero attached hydrogens (tertiary/aromatic N) is 1. The van der Waals surface area contributed by atoms with Crippen LogP contribution >= 0.6 is 0 Å². The number of benzene rings is 1. The third-order valence-electron chi connectivity index (χ3n) is 4.28. The van der Waals surface area contributed by atoms with Crippen molar-refractivity contribution in [1.82, 2.24) is 10.3 Å². The van der Waals surface area contributed by atoms with Gasteiger partial charge in [0.25, 0.3) is 5.91 Å². The van der Waals surface area contributed by atoms with Crippen LogP contribution in [0.2, 0.25) is 0 Å². The average Bonchev–Trinajstić information content (AvgIpc) is 2.92. The molecule has 0 radical (unpaired) electrons. The Kier molecular flexibility index (Phi) is 4.66. The molecule has 1 amide bonds. The Balaban J connectivity index is 1.67. The largest absolute Gasteiger partial charge is 0.352 e. The van der Waals surface area contributed by atoms with E-state index in [1.54, 1.807) is 13.0 Å².